The number of fused-ring (bicyclic) bond motifs is 3. The molecule has 126 valence electrons. The molecular weight excluding hydrogens is 304 g/mol. The van der Waals surface area contributed by atoms with Crippen LogP contribution in [-0.2, 0) is 29.6 Å². The van der Waals surface area contributed by atoms with Crippen LogP contribution in [0.4, 0.5) is 13.6 Å². The number of benzene rings is 1. The molecule has 0 saturated heterocycles. The minimum Gasteiger partial charge on any atom is -0.450 e. The van der Waals surface area contributed by atoms with Crippen molar-refractivity contribution in [1.29, 1.82) is 0 Å². The van der Waals surface area contributed by atoms with Gasteiger partial charge in [0.25, 0.3) is 5.92 Å². The van der Waals surface area contributed by atoms with Crippen LogP contribution < -0.4 is 0 Å². The molecule has 1 atom stereocenters. The molecule has 4 nitrogen and oxygen atoms in total. The van der Waals surface area contributed by atoms with E-state index in [0.29, 0.717) is 43.7 Å². The molecule has 1 N–H and O–H groups in total. The van der Waals surface area contributed by atoms with Gasteiger partial charge in [-0.1, -0.05) is 12.1 Å². The predicted octanol–water partition coefficient (Wildman–Crippen LogP) is 2.64. The van der Waals surface area contributed by atoms with E-state index in [4.69, 9.17) is 4.74 Å². The number of aliphatic hydroxyl groups is 1. The third-order valence-electron chi connectivity index (χ3n) is 4.92. The van der Waals surface area contributed by atoms with Crippen molar-refractivity contribution < 1.29 is 23.4 Å². The highest BCUT2D eigenvalue weighted by molar-refractivity contribution is 5.68. The highest BCUT2D eigenvalue weighted by Gasteiger charge is 2.57. The number of alkyl halides is 2. The fourth-order valence-electron chi connectivity index (χ4n) is 3.62. The number of hydrogen-bond donors (Lipinski definition) is 1. The van der Waals surface area contributed by atoms with Crippen LogP contribution >= 0.6 is 0 Å². The van der Waals surface area contributed by atoms with E-state index in [-0.39, 0.29) is 6.09 Å². The first-order valence-corrected chi connectivity index (χ1v) is 7.94. The molecule has 1 aliphatic heterocycles. The zero-order valence-corrected chi connectivity index (χ0v) is 13.4. The minimum atomic E-state index is -3.17. The smallest absolute Gasteiger partial charge is 0.409 e. The maximum absolute atomic E-state index is 14.2. The Bertz CT molecular complexity index is 643. The number of hydrogen-bond acceptors (Lipinski definition) is 3. The second-order valence-electron chi connectivity index (χ2n) is 6.38. The van der Waals surface area contributed by atoms with E-state index in [1.54, 1.807) is 17.9 Å². The molecule has 0 fully saturated rings. The Balaban J connectivity index is 1.95. The molecule has 1 heterocycles. The van der Waals surface area contributed by atoms with E-state index in [1.807, 2.05) is 6.07 Å². The molecule has 0 aromatic heterocycles. The number of amides is 1. The largest absolute Gasteiger partial charge is 0.450 e. The zero-order chi connectivity index (χ0) is 16.8. The van der Waals surface area contributed by atoms with Crippen LogP contribution in [0.2, 0.25) is 0 Å². The number of carbonyl (C=O) groups excluding carboxylic acids is 1. The van der Waals surface area contributed by atoms with Gasteiger partial charge >= 0.3 is 6.09 Å². The van der Waals surface area contributed by atoms with E-state index in [9.17, 15) is 18.7 Å². The highest BCUT2D eigenvalue weighted by atomic mass is 19.3. The second kappa shape index (κ2) is 5.44. The number of rotatable bonds is 1. The summed E-state index contributed by atoms with van der Waals surface area (Å²) in [4.78, 5) is 13.5. The van der Waals surface area contributed by atoms with E-state index < -0.39 is 17.9 Å². The fourth-order valence-corrected chi connectivity index (χ4v) is 3.62. The lowest BCUT2D eigenvalue weighted by Crippen LogP contribution is -2.39. The van der Waals surface area contributed by atoms with Crippen LogP contribution in [-0.4, -0.2) is 41.7 Å². The van der Waals surface area contributed by atoms with Crippen molar-refractivity contribution >= 4 is 6.09 Å². The molecule has 23 heavy (non-hydrogen) atoms. The Morgan fingerprint density at radius 2 is 1.96 bits per heavy atom. The minimum absolute atomic E-state index is 0.304. The molecule has 1 amide bonds. The highest BCUT2D eigenvalue weighted by Crippen LogP contribution is 2.49. The van der Waals surface area contributed by atoms with Gasteiger partial charge in [-0.25, -0.2) is 13.6 Å². The topological polar surface area (TPSA) is 49.8 Å². The summed E-state index contributed by atoms with van der Waals surface area (Å²) in [6.07, 6.45) is 0.200. The molecule has 0 spiro atoms. The van der Waals surface area contributed by atoms with Gasteiger partial charge in [0.1, 0.15) is 0 Å². The first kappa shape index (κ1) is 16.2. The molecule has 0 bridgehead atoms. The third kappa shape index (κ3) is 2.49. The van der Waals surface area contributed by atoms with Crippen molar-refractivity contribution in [2.24, 2.45) is 0 Å². The molecule has 1 aliphatic carbocycles. The number of carbonyl (C=O) groups is 1. The van der Waals surface area contributed by atoms with Crippen LogP contribution in [0.15, 0.2) is 12.1 Å². The van der Waals surface area contributed by atoms with Gasteiger partial charge in [-0.3, -0.25) is 0 Å². The van der Waals surface area contributed by atoms with Gasteiger partial charge in [-0.2, -0.15) is 0 Å². The van der Waals surface area contributed by atoms with Crippen LogP contribution in [0.25, 0.3) is 0 Å². The lowest BCUT2D eigenvalue weighted by Gasteiger charge is -2.28. The number of ether oxygens (including phenoxy) is 1. The lowest BCUT2D eigenvalue weighted by molar-refractivity contribution is -0.164. The first-order chi connectivity index (χ1) is 10.8. The van der Waals surface area contributed by atoms with Crippen molar-refractivity contribution in [3.05, 3.63) is 34.4 Å². The summed E-state index contributed by atoms with van der Waals surface area (Å²) < 4.78 is 33.3. The van der Waals surface area contributed by atoms with Crippen molar-refractivity contribution in [3.63, 3.8) is 0 Å². The Labute approximate surface area is 134 Å². The van der Waals surface area contributed by atoms with Crippen molar-refractivity contribution in [3.8, 4) is 0 Å². The zero-order valence-electron chi connectivity index (χ0n) is 13.4. The van der Waals surface area contributed by atoms with E-state index in [1.165, 1.54) is 6.92 Å². The van der Waals surface area contributed by atoms with Crippen molar-refractivity contribution in [2.75, 3.05) is 19.7 Å². The summed E-state index contributed by atoms with van der Waals surface area (Å²) >= 11 is 0. The quantitative estimate of drug-likeness (QED) is 0.863. The maximum atomic E-state index is 14.2. The molecular formula is C17H21F2NO3. The number of halogens is 2. The second-order valence-corrected chi connectivity index (χ2v) is 6.38. The molecule has 3 rings (SSSR count). The Morgan fingerprint density at radius 1 is 1.30 bits per heavy atom. The monoisotopic (exact) mass is 325 g/mol. The van der Waals surface area contributed by atoms with Gasteiger partial charge in [0.05, 0.1) is 6.61 Å². The fraction of sp³-hybridized carbons (Fsp3) is 0.588. The summed E-state index contributed by atoms with van der Waals surface area (Å²) in [5.41, 5.74) is 0.381. The average Bonchev–Trinajstić information content (AvgIpc) is 2.63. The van der Waals surface area contributed by atoms with Gasteiger partial charge in [-0.15, -0.1) is 0 Å². The van der Waals surface area contributed by atoms with Crippen LogP contribution in [0.1, 0.15) is 36.1 Å². The van der Waals surface area contributed by atoms with E-state index in [2.05, 4.69) is 0 Å². The molecule has 0 saturated carbocycles. The van der Waals surface area contributed by atoms with Gasteiger partial charge < -0.3 is 14.7 Å². The lowest BCUT2D eigenvalue weighted by atomic mass is 9.87. The SMILES string of the molecule is CCOC(=O)N1CCc2ccc3c(c2CC1)C(C)(O)C(F)(F)C3. The molecule has 0 radical (unpaired) electrons. The Morgan fingerprint density at radius 3 is 2.65 bits per heavy atom. The van der Waals surface area contributed by atoms with E-state index in [0.717, 1.165) is 11.1 Å². The van der Waals surface area contributed by atoms with Gasteiger partial charge in [0.15, 0.2) is 5.60 Å². The summed E-state index contributed by atoms with van der Waals surface area (Å²) in [7, 11) is 0. The van der Waals surface area contributed by atoms with Crippen molar-refractivity contribution in [1.82, 2.24) is 4.90 Å². The van der Waals surface area contributed by atoms with Crippen LogP contribution in [0, 0.1) is 0 Å². The van der Waals surface area contributed by atoms with Crippen molar-refractivity contribution in [2.45, 2.75) is 44.6 Å². The van der Waals surface area contributed by atoms with Gasteiger partial charge in [0, 0.05) is 19.5 Å². The summed E-state index contributed by atoms with van der Waals surface area (Å²) in [5, 5.41) is 10.4. The summed E-state index contributed by atoms with van der Waals surface area (Å²) in [6, 6.07) is 3.53. The summed E-state index contributed by atoms with van der Waals surface area (Å²) in [5.74, 6) is -3.17. The Hall–Kier alpha value is -1.69. The van der Waals surface area contributed by atoms with Gasteiger partial charge in [-0.05, 0) is 48.9 Å². The maximum Gasteiger partial charge on any atom is 0.409 e. The Kier molecular flexibility index (Phi) is 3.83. The standard InChI is InChI=1S/C17H21F2NO3/c1-3-23-15(21)20-8-6-11-4-5-12-10-17(18,19)16(2,22)14(12)13(11)7-9-20/h4-5,22H,3,6-10H2,1-2H3. The third-order valence-corrected chi connectivity index (χ3v) is 4.92. The van der Waals surface area contributed by atoms with Crippen LogP contribution in [0.5, 0.6) is 0 Å². The molecule has 6 heteroatoms. The molecule has 1 aromatic carbocycles. The first-order valence-electron chi connectivity index (χ1n) is 7.94. The molecule has 2 aliphatic rings. The normalized spacial score (nSPS) is 25.5. The average molecular weight is 325 g/mol. The van der Waals surface area contributed by atoms with Gasteiger partial charge in [0.2, 0.25) is 0 Å². The molecule has 1 aromatic rings. The van der Waals surface area contributed by atoms with Crippen LogP contribution in [0.3, 0.4) is 0 Å². The predicted molar refractivity (Wildman–Crippen MR) is 80.7 cm³/mol. The summed E-state index contributed by atoms with van der Waals surface area (Å²) in [6.45, 7) is 4.13. The number of nitrogens with zero attached hydrogens (tertiary/aromatic N) is 1. The molecule has 1 unspecified atom stereocenters. The van der Waals surface area contributed by atoms with E-state index >= 15 is 0 Å².